The topological polar surface area (TPSA) is 62.6 Å². The van der Waals surface area contributed by atoms with Gasteiger partial charge in [0.25, 0.3) is 11.8 Å². The number of nitrogens with one attached hydrogen (secondary N) is 1. The second-order valence-corrected chi connectivity index (χ2v) is 11.0. The maximum Gasteiger partial charge on any atom is 0.416 e. The number of amides is 2. The molecule has 40 heavy (non-hydrogen) atoms. The molecule has 1 aliphatic rings. The monoisotopic (exact) mass is 546 g/mol. The molecule has 3 aromatic carbocycles. The van der Waals surface area contributed by atoms with E-state index in [1.54, 1.807) is 6.07 Å². The van der Waals surface area contributed by atoms with E-state index in [4.69, 9.17) is 4.42 Å². The first-order valence-electron chi connectivity index (χ1n) is 13.0. The summed E-state index contributed by atoms with van der Waals surface area (Å²) in [6.45, 7) is 6.91. The van der Waals surface area contributed by atoms with E-state index in [0.29, 0.717) is 30.0 Å². The molecular weight excluding hydrogens is 517 g/mol. The molecule has 2 amide bonds. The number of carbonyl (C=O) groups excluding carboxylic acids is 2. The number of nitrogens with zero attached hydrogens (tertiary/aromatic N) is 1. The van der Waals surface area contributed by atoms with Gasteiger partial charge in [-0.1, -0.05) is 51.1 Å². The minimum absolute atomic E-state index is 0.00141. The van der Waals surface area contributed by atoms with Gasteiger partial charge in [0.2, 0.25) is 0 Å². The summed E-state index contributed by atoms with van der Waals surface area (Å²) in [6, 6.07) is 21.2. The molecule has 0 atom stereocenters. The van der Waals surface area contributed by atoms with Crippen molar-refractivity contribution in [1.82, 2.24) is 4.90 Å². The summed E-state index contributed by atoms with van der Waals surface area (Å²) in [6.07, 6.45) is -4.07. The number of halogens is 3. The lowest BCUT2D eigenvalue weighted by atomic mass is 9.87. The minimum atomic E-state index is -4.52. The van der Waals surface area contributed by atoms with Gasteiger partial charge in [-0.05, 0) is 59.5 Å². The zero-order valence-corrected chi connectivity index (χ0v) is 22.4. The number of rotatable bonds is 4. The molecule has 0 fully saturated rings. The quantitative estimate of drug-likeness (QED) is 0.285. The highest BCUT2D eigenvalue weighted by Crippen LogP contribution is 2.33. The molecule has 1 aromatic heterocycles. The first-order chi connectivity index (χ1) is 18.9. The molecule has 0 saturated heterocycles. The van der Waals surface area contributed by atoms with Crippen LogP contribution in [0.3, 0.4) is 0 Å². The van der Waals surface area contributed by atoms with Gasteiger partial charge in [-0.3, -0.25) is 9.59 Å². The predicted molar refractivity (Wildman–Crippen MR) is 147 cm³/mol. The number of fused-ring (bicyclic) bond motifs is 1. The summed E-state index contributed by atoms with van der Waals surface area (Å²) in [5.41, 5.74) is 3.00. The van der Waals surface area contributed by atoms with E-state index in [1.165, 1.54) is 17.0 Å². The first kappa shape index (κ1) is 27.2. The summed E-state index contributed by atoms with van der Waals surface area (Å²) < 4.78 is 45.4. The molecule has 2 heterocycles. The van der Waals surface area contributed by atoms with Gasteiger partial charge in [0.1, 0.15) is 11.5 Å². The Kier molecular flexibility index (Phi) is 7.04. The molecule has 0 radical (unpaired) electrons. The lowest BCUT2D eigenvalue weighted by molar-refractivity contribution is -0.137. The minimum Gasteiger partial charge on any atom is -0.461 e. The highest BCUT2D eigenvalue weighted by molar-refractivity contribution is 6.04. The van der Waals surface area contributed by atoms with E-state index >= 15 is 0 Å². The second kappa shape index (κ2) is 10.3. The van der Waals surface area contributed by atoms with Crippen LogP contribution in [-0.4, -0.2) is 23.3 Å². The van der Waals surface area contributed by atoms with E-state index in [1.807, 2.05) is 48.5 Å². The largest absolute Gasteiger partial charge is 0.461 e. The highest BCUT2D eigenvalue weighted by Gasteiger charge is 2.32. The summed E-state index contributed by atoms with van der Waals surface area (Å²) in [5, 5.41) is 2.93. The highest BCUT2D eigenvalue weighted by atomic mass is 19.4. The first-order valence-corrected chi connectivity index (χ1v) is 13.0. The Labute approximate surface area is 230 Å². The van der Waals surface area contributed by atoms with Gasteiger partial charge in [-0.2, -0.15) is 13.2 Å². The van der Waals surface area contributed by atoms with Crippen molar-refractivity contribution in [3.63, 3.8) is 0 Å². The van der Waals surface area contributed by atoms with Crippen LogP contribution in [0.2, 0.25) is 0 Å². The van der Waals surface area contributed by atoms with Crippen LogP contribution in [0.5, 0.6) is 0 Å². The number of hydrogen-bond donors (Lipinski definition) is 1. The molecule has 0 bridgehead atoms. The van der Waals surface area contributed by atoms with Crippen molar-refractivity contribution in [2.45, 2.75) is 45.3 Å². The van der Waals surface area contributed by atoms with Gasteiger partial charge in [-0.25, -0.2) is 0 Å². The third-order valence-corrected chi connectivity index (χ3v) is 7.01. The van der Waals surface area contributed by atoms with Crippen LogP contribution in [0.15, 0.2) is 83.3 Å². The fourth-order valence-corrected chi connectivity index (χ4v) is 4.73. The fraction of sp³-hybridized carbons (Fsp3) is 0.250. The van der Waals surface area contributed by atoms with Crippen molar-refractivity contribution in [2.75, 3.05) is 11.9 Å². The Morgan fingerprint density at radius 1 is 0.850 bits per heavy atom. The smallest absolute Gasteiger partial charge is 0.416 e. The predicted octanol–water partition coefficient (Wildman–Crippen LogP) is 7.71. The number of furan rings is 1. The van der Waals surface area contributed by atoms with Crippen molar-refractivity contribution in [2.24, 2.45) is 0 Å². The van der Waals surface area contributed by atoms with E-state index < -0.39 is 17.6 Å². The molecule has 1 aliphatic heterocycles. The third-order valence-electron chi connectivity index (χ3n) is 7.01. The van der Waals surface area contributed by atoms with Crippen LogP contribution in [0, 0.1) is 0 Å². The molecule has 1 N–H and O–H groups in total. The Bertz CT molecular complexity index is 1560. The lowest BCUT2D eigenvalue weighted by Crippen LogP contribution is -2.35. The lowest BCUT2D eigenvalue weighted by Gasteiger charge is -2.26. The second-order valence-electron chi connectivity index (χ2n) is 11.0. The summed E-state index contributed by atoms with van der Waals surface area (Å²) in [4.78, 5) is 27.4. The van der Waals surface area contributed by atoms with Crippen molar-refractivity contribution in [1.29, 1.82) is 0 Å². The number of alkyl halides is 3. The molecule has 0 spiro atoms. The van der Waals surface area contributed by atoms with Crippen molar-refractivity contribution in [3.8, 4) is 11.3 Å². The van der Waals surface area contributed by atoms with E-state index in [0.717, 1.165) is 34.6 Å². The van der Waals surface area contributed by atoms with Crippen LogP contribution in [0.1, 0.15) is 63.9 Å². The maximum atomic E-state index is 13.1. The Hall–Kier alpha value is -4.33. The average Bonchev–Trinajstić information content (AvgIpc) is 3.36. The van der Waals surface area contributed by atoms with Gasteiger partial charge in [0.05, 0.1) is 5.56 Å². The molecule has 206 valence electrons. The van der Waals surface area contributed by atoms with Crippen molar-refractivity contribution < 1.29 is 27.2 Å². The summed E-state index contributed by atoms with van der Waals surface area (Å²) in [7, 11) is 0. The molecule has 5 rings (SSSR count). The van der Waals surface area contributed by atoms with Crippen LogP contribution in [0.4, 0.5) is 18.9 Å². The van der Waals surface area contributed by atoms with Gasteiger partial charge in [0.15, 0.2) is 0 Å². The van der Waals surface area contributed by atoms with E-state index in [-0.39, 0.29) is 23.4 Å². The third kappa shape index (κ3) is 5.81. The van der Waals surface area contributed by atoms with Crippen molar-refractivity contribution >= 4 is 17.5 Å². The van der Waals surface area contributed by atoms with Gasteiger partial charge in [0, 0.05) is 47.5 Å². The average molecular weight is 547 g/mol. The van der Waals surface area contributed by atoms with Crippen LogP contribution in [-0.2, 0) is 24.6 Å². The molecule has 8 heteroatoms. The molecular formula is C32H29F3N2O3. The number of anilines is 1. The molecule has 0 aliphatic carbocycles. The zero-order valence-electron chi connectivity index (χ0n) is 22.4. The summed E-state index contributed by atoms with van der Waals surface area (Å²) >= 11 is 0. The van der Waals surface area contributed by atoms with E-state index in [9.17, 15) is 22.8 Å². The van der Waals surface area contributed by atoms with Crippen LogP contribution in [0.25, 0.3) is 11.3 Å². The van der Waals surface area contributed by atoms with Crippen LogP contribution < -0.4 is 5.32 Å². The standard InChI is InChI=1S/C32H29F3N2O3/c1-31(2,3)24-12-10-20(11-13-24)29(38)36-26-9-5-6-21(17-26)28-18-23-19-37(15-14-27(23)40-28)30(39)22-7-4-8-25(16-22)32(33,34)35/h4-13,16-18H,14-15,19H2,1-3H3,(H,36,38). The molecule has 0 unspecified atom stereocenters. The summed E-state index contributed by atoms with van der Waals surface area (Å²) in [5.74, 6) is 0.639. The molecule has 0 saturated carbocycles. The molecule has 4 aromatic rings. The normalized spacial score (nSPS) is 13.6. The van der Waals surface area contributed by atoms with Crippen LogP contribution >= 0.6 is 0 Å². The number of carbonyl (C=O) groups is 2. The van der Waals surface area contributed by atoms with Gasteiger partial charge >= 0.3 is 6.18 Å². The zero-order chi connectivity index (χ0) is 28.7. The fourth-order valence-electron chi connectivity index (χ4n) is 4.73. The van der Waals surface area contributed by atoms with Gasteiger partial charge < -0.3 is 14.6 Å². The molecule has 5 nitrogen and oxygen atoms in total. The van der Waals surface area contributed by atoms with Crippen molar-refractivity contribution in [3.05, 3.63) is 112 Å². The van der Waals surface area contributed by atoms with E-state index in [2.05, 4.69) is 26.1 Å². The number of hydrogen-bond acceptors (Lipinski definition) is 3. The number of benzene rings is 3. The maximum absolute atomic E-state index is 13.1. The SMILES string of the molecule is CC(C)(C)c1ccc(C(=O)Nc2cccc(-c3cc4c(o3)CCN(C(=O)c3cccc(C(F)(F)F)c3)C4)c2)cc1. The van der Waals surface area contributed by atoms with Gasteiger partial charge in [-0.15, -0.1) is 0 Å². The Balaban J connectivity index is 1.29. The Morgan fingerprint density at radius 3 is 2.27 bits per heavy atom. The Morgan fingerprint density at radius 2 is 1.57 bits per heavy atom.